The molecule has 0 amide bonds. The lowest BCUT2D eigenvalue weighted by Gasteiger charge is -2.09. The minimum absolute atomic E-state index is 0.200. The Bertz CT molecular complexity index is 1120. The first-order chi connectivity index (χ1) is 12.2. The maximum Gasteiger partial charge on any atom is 0.268 e. The lowest BCUT2D eigenvalue weighted by Crippen LogP contribution is -2.23. The van der Waals surface area contributed by atoms with E-state index < -0.39 is 0 Å². The minimum Gasteiger partial charge on any atom is -0.337 e. The molecule has 0 aliphatic heterocycles. The summed E-state index contributed by atoms with van der Waals surface area (Å²) in [6.07, 6.45) is 0.569. The first-order valence-electron chi connectivity index (χ1n) is 7.91. The highest BCUT2D eigenvalue weighted by Crippen LogP contribution is 2.22. The van der Waals surface area contributed by atoms with Gasteiger partial charge >= 0.3 is 0 Å². The van der Waals surface area contributed by atoms with Gasteiger partial charge in [0.25, 0.3) is 5.56 Å². The third-order valence-electron chi connectivity index (χ3n) is 4.00. The summed E-state index contributed by atoms with van der Waals surface area (Å²) in [5.41, 5.74) is 1.97. The summed E-state index contributed by atoms with van der Waals surface area (Å²) in [5, 5.41) is 5.12. The average molecular weight is 352 g/mol. The van der Waals surface area contributed by atoms with Crippen LogP contribution in [0.25, 0.3) is 28.0 Å². The van der Waals surface area contributed by atoms with Gasteiger partial charge in [0.05, 0.1) is 10.9 Å². The Balaban J connectivity index is 1.92. The normalized spacial score (nSPS) is 11.1. The number of hydrogen-bond acceptors (Lipinski definition) is 4. The monoisotopic (exact) mass is 351 g/mol. The molecule has 0 saturated carbocycles. The highest BCUT2D eigenvalue weighted by molar-refractivity contribution is 6.31. The fourth-order valence-corrected chi connectivity index (χ4v) is 2.95. The molecule has 5 nitrogen and oxygen atoms in total. The first-order valence-corrected chi connectivity index (χ1v) is 8.29. The van der Waals surface area contributed by atoms with E-state index >= 15 is 0 Å². The van der Waals surface area contributed by atoms with Gasteiger partial charge in [0.1, 0.15) is 11.5 Å². The quantitative estimate of drug-likeness (QED) is 0.553. The van der Waals surface area contributed by atoms with Crippen LogP contribution in [0.4, 0.5) is 0 Å². The largest absolute Gasteiger partial charge is 0.337 e. The molecule has 0 fully saturated rings. The van der Waals surface area contributed by atoms with E-state index in [1.54, 1.807) is 24.3 Å². The van der Waals surface area contributed by atoms with Crippen molar-refractivity contribution in [1.82, 2.24) is 14.7 Å². The van der Waals surface area contributed by atoms with Crippen molar-refractivity contribution in [3.8, 4) is 17.1 Å². The van der Waals surface area contributed by atoms with Crippen LogP contribution in [0.2, 0.25) is 5.02 Å². The summed E-state index contributed by atoms with van der Waals surface area (Å²) in [7, 11) is 0. The fourth-order valence-electron chi connectivity index (χ4n) is 2.79. The van der Waals surface area contributed by atoms with Crippen LogP contribution < -0.4 is 5.56 Å². The van der Waals surface area contributed by atoms with Crippen molar-refractivity contribution >= 4 is 22.5 Å². The van der Waals surface area contributed by atoms with Crippen molar-refractivity contribution in [2.75, 3.05) is 0 Å². The molecule has 6 heteroatoms. The molecule has 2 heterocycles. The molecule has 0 N–H and O–H groups in total. The van der Waals surface area contributed by atoms with Gasteiger partial charge in [-0.05, 0) is 18.2 Å². The Labute approximate surface area is 148 Å². The third kappa shape index (κ3) is 2.72. The molecular formula is C19H14ClN3O2. The van der Waals surface area contributed by atoms with E-state index in [9.17, 15) is 4.79 Å². The molecule has 4 aromatic rings. The molecule has 0 unspecified atom stereocenters. The maximum atomic E-state index is 13.0. The molecule has 124 valence electrons. The Morgan fingerprint density at radius 2 is 1.92 bits per heavy atom. The highest BCUT2D eigenvalue weighted by Gasteiger charge is 2.16. The summed E-state index contributed by atoms with van der Waals surface area (Å²) >= 11 is 6.02. The van der Waals surface area contributed by atoms with Crippen molar-refractivity contribution in [3.05, 3.63) is 75.8 Å². The lowest BCUT2D eigenvalue weighted by atomic mass is 10.1. The zero-order valence-electron chi connectivity index (χ0n) is 13.4. The van der Waals surface area contributed by atoms with Gasteiger partial charge in [-0.2, -0.15) is 0 Å². The zero-order valence-corrected chi connectivity index (χ0v) is 14.2. The van der Waals surface area contributed by atoms with E-state index in [1.165, 1.54) is 4.57 Å². The van der Waals surface area contributed by atoms with Gasteiger partial charge in [0.15, 0.2) is 0 Å². The van der Waals surface area contributed by atoms with Gasteiger partial charge in [-0.3, -0.25) is 4.79 Å². The number of nitrogens with zero attached hydrogens (tertiary/aromatic N) is 3. The number of benzene rings is 2. The second-order valence-electron chi connectivity index (χ2n) is 5.60. The SMILES string of the molecule is CCc1nc2cc(Cl)ccc2c(=O)n1-c1cc(-c2ccccc2)no1. The molecule has 0 atom stereocenters. The molecule has 0 spiro atoms. The predicted molar refractivity (Wildman–Crippen MR) is 97.2 cm³/mol. The maximum absolute atomic E-state index is 13.0. The smallest absolute Gasteiger partial charge is 0.268 e. The van der Waals surface area contributed by atoms with Crippen molar-refractivity contribution in [2.24, 2.45) is 0 Å². The second kappa shape index (κ2) is 6.18. The number of aryl methyl sites for hydroxylation is 1. The van der Waals surface area contributed by atoms with Crippen LogP contribution >= 0.6 is 11.6 Å². The number of rotatable bonds is 3. The van der Waals surface area contributed by atoms with E-state index in [0.717, 1.165) is 5.56 Å². The molecule has 0 bridgehead atoms. The van der Waals surface area contributed by atoms with E-state index in [0.29, 0.717) is 39.7 Å². The van der Waals surface area contributed by atoms with Crippen molar-refractivity contribution in [2.45, 2.75) is 13.3 Å². The molecule has 25 heavy (non-hydrogen) atoms. The van der Waals surface area contributed by atoms with E-state index in [2.05, 4.69) is 10.1 Å². The van der Waals surface area contributed by atoms with Crippen LogP contribution in [0.15, 0.2) is 63.9 Å². The molecule has 0 saturated heterocycles. The van der Waals surface area contributed by atoms with E-state index in [-0.39, 0.29) is 5.56 Å². The molecule has 0 aliphatic rings. The summed E-state index contributed by atoms with van der Waals surface area (Å²) in [6, 6.07) is 16.5. The summed E-state index contributed by atoms with van der Waals surface area (Å²) in [5.74, 6) is 0.945. The van der Waals surface area contributed by atoms with Gasteiger partial charge in [-0.1, -0.05) is 54.0 Å². The first kappa shape index (κ1) is 15.6. The van der Waals surface area contributed by atoms with Crippen LogP contribution in [0.5, 0.6) is 0 Å². The van der Waals surface area contributed by atoms with Crippen LogP contribution in [0.3, 0.4) is 0 Å². The Hall–Kier alpha value is -2.92. The topological polar surface area (TPSA) is 60.9 Å². The van der Waals surface area contributed by atoms with E-state index in [4.69, 9.17) is 16.1 Å². The fraction of sp³-hybridized carbons (Fsp3) is 0.105. The standard InChI is InChI=1S/C19H14ClN3O2/c1-2-17-21-16-10-13(20)8-9-14(16)19(24)23(17)18-11-15(22-25-18)12-6-4-3-5-7-12/h3-11H,2H2,1H3. The minimum atomic E-state index is -0.200. The molecule has 4 rings (SSSR count). The Kier molecular flexibility index (Phi) is 3.86. The Morgan fingerprint density at radius 1 is 1.12 bits per heavy atom. The summed E-state index contributed by atoms with van der Waals surface area (Å²) < 4.78 is 6.92. The van der Waals surface area contributed by atoms with Gasteiger partial charge in [-0.15, -0.1) is 0 Å². The third-order valence-corrected chi connectivity index (χ3v) is 4.24. The highest BCUT2D eigenvalue weighted by atomic mass is 35.5. The van der Waals surface area contributed by atoms with Crippen molar-refractivity contribution in [3.63, 3.8) is 0 Å². The Morgan fingerprint density at radius 3 is 2.68 bits per heavy atom. The summed E-state index contributed by atoms with van der Waals surface area (Å²) in [4.78, 5) is 17.5. The molecule has 0 aliphatic carbocycles. The van der Waals surface area contributed by atoms with Crippen LogP contribution in [0, 0.1) is 0 Å². The molecule has 0 radical (unpaired) electrons. The second-order valence-corrected chi connectivity index (χ2v) is 6.04. The number of fused-ring (bicyclic) bond motifs is 1. The van der Waals surface area contributed by atoms with Crippen molar-refractivity contribution in [1.29, 1.82) is 0 Å². The molecule has 2 aromatic carbocycles. The zero-order chi connectivity index (χ0) is 17.4. The van der Waals surface area contributed by atoms with Gasteiger partial charge in [-0.25, -0.2) is 9.55 Å². The lowest BCUT2D eigenvalue weighted by molar-refractivity contribution is 0.403. The molecular weight excluding hydrogens is 338 g/mol. The van der Waals surface area contributed by atoms with Crippen LogP contribution in [0.1, 0.15) is 12.7 Å². The van der Waals surface area contributed by atoms with Gasteiger partial charge < -0.3 is 4.52 Å². The number of hydrogen-bond donors (Lipinski definition) is 0. The summed E-state index contributed by atoms with van der Waals surface area (Å²) in [6.45, 7) is 1.93. The van der Waals surface area contributed by atoms with E-state index in [1.807, 2.05) is 37.3 Å². The van der Waals surface area contributed by atoms with Crippen molar-refractivity contribution < 1.29 is 4.52 Å². The predicted octanol–water partition coefficient (Wildman–Crippen LogP) is 4.26. The molecule has 2 aromatic heterocycles. The van der Waals surface area contributed by atoms with Gasteiger partial charge in [0.2, 0.25) is 5.88 Å². The number of halogens is 1. The number of aromatic nitrogens is 3. The van der Waals surface area contributed by atoms with Crippen LogP contribution in [-0.4, -0.2) is 14.7 Å². The van der Waals surface area contributed by atoms with Gasteiger partial charge in [0, 0.05) is 23.1 Å². The average Bonchev–Trinajstić information content (AvgIpc) is 3.11. The van der Waals surface area contributed by atoms with Crippen LogP contribution in [-0.2, 0) is 6.42 Å².